The molecule has 3 aromatic carbocycles. The molecule has 0 N–H and O–H groups in total. The molecule has 1 atom stereocenters. The van der Waals surface area contributed by atoms with Crippen LogP contribution in [-0.4, -0.2) is 17.2 Å². The predicted molar refractivity (Wildman–Crippen MR) is 102 cm³/mol. The molecule has 26 heavy (non-hydrogen) atoms. The molecule has 3 aromatic rings. The van der Waals surface area contributed by atoms with Gasteiger partial charge < -0.3 is 4.79 Å². The molecule has 3 heteroatoms. The summed E-state index contributed by atoms with van der Waals surface area (Å²) in [6, 6.07) is 26.3. The van der Waals surface area contributed by atoms with E-state index in [0.29, 0.717) is 25.1 Å². The van der Waals surface area contributed by atoms with Gasteiger partial charge in [-0.05, 0) is 29.2 Å². The first kappa shape index (κ1) is 18.0. The molecule has 3 rings (SSSR count). The van der Waals surface area contributed by atoms with Crippen molar-refractivity contribution in [3.63, 3.8) is 0 Å². The molecule has 0 heterocycles. The van der Waals surface area contributed by atoms with Crippen molar-refractivity contribution in [2.24, 2.45) is 0 Å². The average Bonchev–Trinajstić information content (AvgIpc) is 2.68. The van der Waals surface area contributed by atoms with Gasteiger partial charge in [-0.2, -0.15) is 0 Å². The van der Waals surface area contributed by atoms with Gasteiger partial charge >= 0.3 is 0 Å². The van der Waals surface area contributed by atoms with Crippen LogP contribution < -0.4 is 0 Å². The van der Waals surface area contributed by atoms with Crippen LogP contribution >= 0.6 is 0 Å². The fourth-order valence-electron chi connectivity index (χ4n) is 3.08. The van der Waals surface area contributed by atoms with E-state index in [1.54, 1.807) is 18.2 Å². The average molecular weight is 347 g/mol. The summed E-state index contributed by atoms with van der Waals surface area (Å²) in [6.45, 7) is 1.27. The zero-order valence-electron chi connectivity index (χ0n) is 14.6. The number of halogens is 1. The number of carbonyl (C=O) groups excluding carboxylic acids is 1. The zero-order valence-corrected chi connectivity index (χ0v) is 14.6. The molecule has 0 radical (unpaired) electrons. The first-order valence-corrected chi connectivity index (χ1v) is 8.77. The summed E-state index contributed by atoms with van der Waals surface area (Å²) in [6.07, 6.45) is 1.29. The maximum absolute atomic E-state index is 14.1. The van der Waals surface area contributed by atoms with Gasteiger partial charge in [-0.25, -0.2) is 4.39 Å². The van der Waals surface area contributed by atoms with E-state index in [4.69, 9.17) is 0 Å². The van der Waals surface area contributed by atoms with Gasteiger partial charge in [0.1, 0.15) is 12.1 Å². The highest BCUT2D eigenvalue weighted by atomic mass is 19.1. The normalized spacial score (nSPS) is 12.1. The van der Waals surface area contributed by atoms with Gasteiger partial charge in [-0.15, -0.1) is 0 Å². The third-order valence-corrected chi connectivity index (χ3v) is 4.47. The van der Waals surface area contributed by atoms with Gasteiger partial charge in [-0.1, -0.05) is 78.9 Å². The van der Waals surface area contributed by atoms with Gasteiger partial charge in [0.05, 0.1) is 6.04 Å². The van der Waals surface area contributed by atoms with E-state index in [-0.39, 0.29) is 5.82 Å². The monoisotopic (exact) mass is 347 g/mol. The summed E-state index contributed by atoms with van der Waals surface area (Å²) >= 11 is 0. The van der Waals surface area contributed by atoms with E-state index in [1.807, 2.05) is 60.7 Å². The van der Waals surface area contributed by atoms with Gasteiger partial charge in [0.25, 0.3) is 0 Å². The lowest BCUT2D eigenvalue weighted by molar-refractivity contribution is -0.112. The maximum atomic E-state index is 14.1. The fourth-order valence-corrected chi connectivity index (χ4v) is 3.08. The molecule has 132 valence electrons. The summed E-state index contributed by atoms with van der Waals surface area (Å²) in [4.78, 5) is 14.0. The Kier molecular flexibility index (Phi) is 6.29. The molecule has 0 aliphatic rings. The summed E-state index contributed by atoms with van der Waals surface area (Å²) in [5, 5.41) is 0. The SMILES string of the molecule is O=C[C@@H](Cc1ccccc1F)N(Cc1ccccc1)Cc1ccccc1. The molecule has 0 aliphatic carbocycles. The van der Waals surface area contributed by atoms with Crippen LogP contribution in [0.2, 0.25) is 0 Å². The third kappa shape index (κ3) is 4.87. The highest BCUT2D eigenvalue weighted by Gasteiger charge is 2.20. The molecule has 0 bridgehead atoms. The van der Waals surface area contributed by atoms with Gasteiger partial charge in [0.2, 0.25) is 0 Å². The highest BCUT2D eigenvalue weighted by Crippen LogP contribution is 2.17. The number of aldehydes is 1. The molecular formula is C23H22FNO. The van der Waals surface area contributed by atoms with Crippen LogP contribution in [0.25, 0.3) is 0 Å². The number of hydrogen-bond acceptors (Lipinski definition) is 2. The van der Waals surface area contributed by atoms with E-state index in [2.05, 4.69) is 4.90 Å². The molecule has 0 amide bonds. The van der Waals surface area contributed by atoms with Crippen LogP contribution in [0.4, 0.5) is 4.39 Å². The largest absolute Gasteiger partial charge is 0.302 e. The highest BCUT2D eigenvalue weighted by molar-refractivity contribution is 5.58. The molecule has 0 aromatic heterocycles. The molecule has 0 saturated heterocycles. The number of nitrogens with zero attached hydrogens (tertiary/aromatic N) is 1. The standard InChI is InChI=1S/C23H22FNO/c24-23-14-8-7-13-21(23)15-22(18-26)25(16-19-9-3-1-4-10-19)17-20-11-5-2-6-12-20/h1-14,18,22H,15-17H2/t22-/m1/s1. The maximum Gasteiger partial charge on any atom is 0.137 e. The second kappa shape index (κ2) is 9.07. The quantitative estimate of drug-likeness (QED) is 0.553. The van der Waals surface area contributed by atoms with E-state index in [1.165, 1.54) is 6.07 Å². The first-order chi connectivity index (χ1) is 12.8. The van der Waals surface area contributed by atoms with Crippen LogP contribution in [0, 0.1) is 5.82 Å². The number of benzene rings is 3. The molecular weight excluding hydrogens is 325 g/mol. The van der Waals surface area contributed by atoms with Crippen molar-refractivity contribution in [1.29, 1.82) is 0 Å². The van der Waals surface area contributed by atoms with Crippen molar-refractivity contribution >= 4 is 6.29 Å². The van der Waals surface area contributed by atoms with E-state index < -0.39 is 6.04 Å². The van der Waals surface area contributed by atoms with Gasteiger partial charge in [0, 0.05) is 13.1 Å². The Morgan fingerprint density at radius 2 is 1.27 bits per heavy atom. The third-order valence-electron chi connectivity index (χ3n) is 4.47. The van der Waals surface area contributed by atoms with Crippen LogP contribution in [-0.2, 0) is 24.3 Å². The minimum Gasteiger partial charge on any atom is -0.302 e. The fraction of sp³-hybridized carbons (Fsp3) is 0.174. The number of hydrogen-bond donors (Lipinski definition) is 0. The predicted octanol–water partition coefficient (Wildman–Crippen LogP) is 4.64. The van der Waals surface area contributed by atoms with Crippen LogP contribution in [0.3, 0.4) is 0 Å². The summed E-state index contributed by atoms with van der Waals surface area (Å²) in [5.74, 6) is -0.265. The molecule has 0 fully saturated rings. The van der Waals surface area contributed by atoms with Crippen LogP contribution in [0.5, 0.6) is 0 Å². The van der Waals surface area contributed by atoms with Crippen molar-refractivity contribution in [3.8, 4) is 0 Å². The zero-order chi connectivity index (χ0) is 18.2. The number of rotatable bonds is 8. The Morgan fingerprint density at radius 1 is 0.769 bits per heavy atom. The smallest absolute Gasteiger partial charge is 0.137 e. The summed E-state index contributed by atoms with van der Waals surface area (Å²) in [5.41, 5.74) is 2.82. The van der Waals surface area contributed by atoms with Gasteiger partial charge in [0.15, 0.2) is 0 Å². The van der Waals surface area contributed by atoms with Crippen molar-refractivity contribution in [2.45, 2.75) is 25.6 Å². The first-order valence-electron chi connectivity index (χ1n) is 8.77. The Bertz CT molecular complexity index is 778. The Morgan fingerprint density at radius 3 is 1.77 bits per heavy atom. The number of carbonyl (C=O) groups is 1. The van der Waals surface area contributed by atoms with E-state index in [9.17, 15) is 9.18 Å². The summed E-state index contributed by atoms with van der Waals surface area (Å²) < 4.78 is 14.1. The van der Waals surface area contributed by atoms with Crippen molar-refractivity contribution in [2.75, 3.05) is 0 Å². The molecule has 0 aliphatic heterocycles. The Balaban J connectivity index is 1.84. The minimum atomic E-state index is -0.396. The van der Waals surface area contributed by atoms with E-state index >= 15 is 0 Å². The van der Waals surface area contributed by atoms with Gasteiger partial charge in [-0.3, -0.25) is 4.90 Å². The van der Waals surface area contributed by atoms with Crippen LogP contribution in [0.1, 0.15) is 16.7 Å². The Labute approximate surface area is 153 Å². The van der Waals surface area contributed by atoms with Crippen molar-refractivity contribution in [1.82, 2.24) is 4.90 Å². The Hall–Kier alpha value is -2.78. The van der Waals surface area contributed by atoms with Crippen molar-refractivity contribution < 1.29 is 9.18 Å². The second-order valence-electron chi connectivity index (χ2n) is 6.38. The second-order valence-corrected chi connectivity index (χ2v) is 6.38. The minimum absolute atomic E-state index is 0.265. The van der Waals surface area contributed by atoms with E-state index in [0.717, 1.165) is 17.4 Å². The lowest BCUT2D eigenvalue weighted by Crippen LogP contribution is -2.37. The molecule has 2 nitrogen and oxygen atoms in total. The molecule has 0 spiro atoms. The van der Waals surface area contributed by atoms with Crippen molar-refractivity contribution in [3.05, 3.63) is 107 Å². The molecule has 0 unspecified atom stereocenters. The lowest BCUT2D eigenvalue weighted by atomic mass is 10.0. The van der Waals surface area contributed by atoms with Crippen LogP contribution in [0.15, 0.2) is 84.9 Å². The topological polar surface area (TPSA) is 20.3 Å². The summed E-state index contributed by atoms with van der Waals surface area (Å²) in [7, 11) is 0. The lowest BCUT2D eigenvalue weighted by Gasteiger charge is -2.28. The molecule has 0 saturated carbocycles.